The van der Waals surface area contributed by atoms with Crippen molar-refractivity contribution < 1.29 is 9.53 Å². The van der Waals surface area contributed by atoms with Crippen LogP contribution in [0.15, 0.2) is 24.8 Å². The molecule has 1 amide bonds. The van der Waals surface area contributed by atoms with Gasteiger partial charge in [0, 0.05) is 25.1 Å². The van der Waals surface area contributed by atoms with E-state index in [1.165, 1.54) is 44.9 Å². The molecule has 1 aliphatic heterocycles. The minimum absolute atomic E-state index is 0.0551. The predicted molar refractivity (Wildman–Crippen MR) is 119 cm³/mol. The van der Waals surface area contributed by atoms with E-state index in [0.717, 1.165) is 48.1 Å². The standard InChI is InChI=1S/C24H31ClN2O2/c1-2-16-12-20-14-22(27-23(20)21(25)13-16)24(28)26-15-17-5-7-19(8-6-17)18-4-3-10-29-11-9-18/h2,12-14,17-19,27H,1,3-11,15H2,(H,26,28). The first-order valence-electron chi connectivity index (χ1n) is 10.9. The normalized spacial score (nSPS) is 25.5. The van der Waals surface area contributed by atoms with Crippen LogP contribution in [0.25, 0.3) is 17.0 Å². The van der Waals surface area contributed by atoms with Crippen molar-refractivity contribution in [2.75, 3.05) is 19.8 Å². The van der Waals surface area contributed by atoms with Gasteiger partial charge in [-0.2, -0.15) is 0 Å². The lowest BCUT2D eigenvalue weighted by Crippen LogP contribution is -2.32. The number of carbonyl (C=O) groups is 1. The van der Waals surface area contributed by atoms with E-state index >= 15 is 0 Å². The maximum absolute atomic E-state index is 12.7. The van der Waals surface area contributed by atoms with E-state index in [-0.39, 0.29) is 5.91 Å². The lowest BCUT2D eigenvalue weighted by Gasteiger charge is -2.33. The molecule has 2 fully saturated rings. The Morgan fingerprint density at radius 1 is 1.14 bits per heavy atom. The second-order valence-corrected chi connectivity index (χ2v) is 9.06. The highest BCUT2D eigenvalue weighted by Gasteiger charge is 2.28. The minimum atomic E-state index is -0.0551. The molecule has 29 heavy (non-hydrogen) atoms. The van der Waals surface area contributed by atoms with Crippen LogP contribution < -0.4 is 5.32 Å². The molecule has 1 aromatic heterocycles. The summed E-state index contributed by atoms with van der Waals surface area (Å²) in [5, 5.41) is 4.67. The molecule has 0 bridgehead atoms. The van der Waals surface area contributed by atoms with Crippen molar-refractivity contribution in [1.82, 2.24) is 10.3 Å². The van der Waals surface area contributed by atoms with Gasteiger partial charge in [0.25, 0.3) is 5.91 Å². The molecule has 1 aromatic carbocycles. The molecular formula is C24H31ClN2O2. The Hall–Kier alpha value is -1.78. The van der Waals surface area contributed by atoms with Crippen LogP contribution in [0.2, 0.25) is 5.02 Å². The van der Waals surface area contributed by atoms with E-state index < -0.39 is 0 Å². The summed E-state index contributed by atoms with van der Waals surface area (Å²) in [4.78, 5) is 15.8. The van der Waals surface area contributed by atoms with Gasteiger partial charge in [0.15, 0.2) is 0 Å². The fourth-order valence-corrected chi connectivity index (χ4v) is 5.34. The van der Waals surface area contributed by atoms with Gasteiger partial charge in [-0.15, -0.1) is 0 Å². The first-order valence-corrected chi connectivity index (χ1v) is 11.3. The van der Waals surface area contributed by atoms with Gasteiger partial charge in [0.2, 0.25) is 0 Å². The molecule has 0 radical (unpaired) electrons. The van der Waals surface area contributed by atoms with Crippen LogP contribution >= 0.6 is 11.6 Å². The summed E-state index contributed by atoms with van der Waals surface area (Å²) in [6, 6.07) is 5.71. The van der Waals surface area contributed by atoms with Crippen molar-refractivity contribution in [3.8, 4) is 0 Å². The predicted octanol–water partition coefficient (Wildman–Crippen LogP) is 5.82. The number of benzene rings is 1. The highest BCUT2D eigenvalue weighted by atomic mass is 35.5. The van der Waals surface area contributed by atoms with Gasteiger partial charge in [-0.05, 0) is 86.5 Å². The molecule has 2 aromatic rings. The molecule has 2 N–H and O–H groups in total. The first-order chi connectivity index (χ1) is 14.1. The Bertz CT molecular complexity index is 859. The van der Waals surface area contributed by atoms with Crippen molar-refractivity contribution in [2.45, 2.75) is 44.9 Å². The highest BCUT2D eigenvalue weighted by molar-refractivity contribution is 6.35. The first kappa shape index (κ1) is 20.5. The second-order valence-electron chi connectivity index (χ2n) is 8.65. The summed E-state index contributed by atoms with van der Waals surface area (Å²) >= 11 is 6.33. The van der Waals surface area contributed by atoms with Crippen molar-refractivity contribution in [1.29, 1.82) is 0 Å². The van der Waals surface area contributed by atoms with Crippen LogP contribution in [0, 0.1) is 17.8 Å². The molecule has 4 nitrogen and oxygen atoms in total. The van der Waals surface area contributed by atoms with Gasteiger partial charge in [0.1, 0.15) is 5.69 Å². The minimum Gasteiger partial charge on any atom is -0.381 e. The average Bonchev–Trinajstić information content (AvgIpc) is 2.99. The van der Waals surface area contributed by atoms with Crippen LogP contribution in [-0.2, 0) is 4.74 Å². The van der Waals surface area contributed by atoms with Gasteiger partial charge in [-0.25, -0.2) is 0 Å². The maximum Gasteiger partial charge on any atom is 0.267 e. The third-order valence-corrected chi connectivity index (χ3v) is 7.09. The van der Waals surface area contributed by atoms with Gasteiger partial charge < -0.3 is 15.0 Å². The number of carbonyl (C=O) groups excluding carboxylic acids is 1. The zero-order chi connectivity index (χ0) is 20.2. The number of amides is 1. The van der Waals surface area contributed by atoms with Crippen LogP contribution in [-0.4, -0.2) is 30.6 Å². The number of ether oxygens (including phenoxy) is 1. The van der Waals surface area contributed by atoms with E-state index in [2.05, 4.69) is 16.9 Å². The summed E-state index contributed by atoms with van der Waals surface area (Å²) in [6.45, 7) is 6.41. The number of aromatic amines is 1. The monoisotopic (exact) mass is 414 g/mol. The third-order valence-electron chi connectivity index (χ3n) is 6.79. The SMILES string of the molecule is C=Cc1cc(Cl)c2[nH]c(C(=O)NCC3CCC(C4CCCOCC4)CC3)cc2c1. The Labute approximate surface area is 178 Å². The molecule has 1 saturated carbocycles. The molecule has 4 rings (SSSR count). The number of fused-ring (bicyclic) bond motifs is 1. The Kier molecular flexibility index (Phi) is 6.61. The van der Waals surface area contributed by atoms with Gasteiger partial charge in [0.05, 0.1) is 10.5 Å². The van der Waals surface area contributed by atoms with E-state index in [1.54, 1.807) is 6.08 Å². The van der Waals surface area contributed by atoms with Crippen LogP contribution in [0.5, 0.6) is 0 Å². The lowest BCUT2D eigenvalue weighted by molar-refractivity contribution is 0.0932. The lowest BCUT2D eigenvalue weighted by atomic mass is 9.73. The summed E-state index contributed by atoms with van der Waals surface area (Å²) in [5.41, 5.74) is 2.32. The van der Waals surface area contributed by atoms with Crippen LogP contribution in [0.3, 0.4) is 0 Å². The topological polar surface area (TPSA) is 54.1 Å². The summed E-state index contributed by atoms with van der Waals surface area (Å²) in [7, 11) is 0. The number of hydrogen-bond donors (Lipinski definition) is 2. The van der Waals surface area contributed by atoms with Gasteiger partial charge in [-0.1, -0.05) is 24.3 Å². The van der Waals surface area contributed by atoms with Crippen LogP contribution in [0.4, 0.5) is 0 Å². The molecule has 5 heteroatoms. The van der Waals surface area contributed by atoms with Crippen molar-refractivity contribution in [3.63, 3.8) is 0 Å². The zero-order valence-corrected chi connectivity index (χ0v) is 17.8. The molecule has 1 atom stereocenters. The Balaban J connectivity index is 1.29. The average molecular weight is 415 g/mol. The maximum atomic E-state index is 12.7. The summed E-state index contributed by atoms with van der Waals surface area (Å²) in [6.07, 6.45) is 10.5. The van der Waals surface area contributed by atoms with Crippen molar-refractivity contribution in [3.05, 3.63) is 41.1 Å². The molecule has 1 unspecified atom stereocenters. The number of halogens is 1. The molecular weight excluding hydrogens is 384 g/mol. The molecule has 0 spiro atoms. The third kappa shape index (κ3) is 4.87. The van der Waals surface area contributed by atoms with Gasteiger partial charge in [-0.3, -0.25) is 4.79 Å². The largest absolute Gasteiger partial charge is 0.381 e. The molecule has 2 heterocycles. The summed E-state index contributed by atoms with van der Waals surface area (Å²) < 4.78 is 5.62. The van der Waals surface area contributed by atoms with E-state index in [1.807, 2.05) is 18.2 Å². The van der Waals surface area contributed by atoms with E-state index in [0.29, 0.717) is 16.6 Å². The molecule has 1 aliphatic carbocycles. The number of aromatic nitrogens is 1. The van der Waals surface area contributed by atoms with Gasteiger partial charge >= 0.3 is 0 Å². The molecule has 2 aliphatic rings. The number of nitrogens with one attached hydrogen (secondary N) is 2. The molecule has 1 saturated heterocycles. The zero-order valence-electron chi connectivity index (χ0n) is 17.0. The van der Waals surface area contributed by atoms with E-state index in [4.69, 9.17) is 16.3 Å². The Morgan fingerprint density at radius 3 is 2.72 bits per heavy atom. The van der Waals surface area contributed by atoms with E-state index in [9.17, 15) is 4.79 Å². The van der Waals surface area contributed by atoms with Crippen molar-refractivity contribution >= 4 is 34.5 Å². The fourth-order valence-electron chi connectivity index (χ4n) is 5.06. The number of hydrogen-bond acceptors (Lipinski definition) is 2. The highest BCUT2D eigenvalue weighted by Crippen LogP contribution is 2.37. The fraction of sp³-hybridized carbons (Fsp3) is 0.542. The smallest absolute Gasteiger partial charge is 0.267 e. The van der Waals surface area contributed by atoms with Crippen LogP contribution in [0.1, 0.15) is 61.0 Å². The Morgan fingerprint density at radius 2 is 1.93 bits per heavy atom. The quantitative estimate of drug-likeness (QED) is 0.647. The number of rotatable bonds is 5. The summed E-state index contributed by atoms with van der Waals surface area (Å²) in [5.74, 6) is 2.21. The second kappa shape index (κ2) is 9.36. The van der Waals surface area contributed by atoms with Crippen molar-refractivity contribution in [2.24, 2.45) is 17.8 Å². The number of H-pyrrole nitrogens is 1. The molecule has 156 valence electrons.